The monoisotopic (exact) mass is 457 g/mol. The molecule has 33 heavy (non-hydrogen) atoms. The molecule has 1 fully saturated rings. The fourth-order valence-electron chi connectivity index (χ4n) is 4.49. The van der Waals surface area contributed by atoms with Crippen LogP contribution in [0.3, 0.4) is 0 Å². The number of fused-ring (bicyclic) bond motifs is 2. The average molecular weight is 458 g/mol. The van der Waals surface area contributed by atoms with Crippen LogP contribution < -0.4 is 4.90 Å². The zero-order valence-corrected chi connectivity index (χ0v) is 19.6. The smallest absolute Gasteiger partial charge is 0.301 e. The molecule has 0 aliphatic carbocycles. The molecule has 2 aliphatic rings. The Morgan fingerprint density at radius 2 is 1.42 bits per heavy atom. The predicted molar refractivity (Wildman–Crippen MR) is 130 cm³/mol. The van der Waals surface area contributed by atoms with Crippen molar-refractivity contribution in [2.24, 2.45) is 0 Å². The van der Waals surface area contributed by atoms with Crippen LogP contribution in [0.1, 0.15) is 29.9 Å². The van der Waals surface area contributed by atoms with E-state index in [2.05, 4.69) is 49.1 Å². The van der Waals surface area contributed by atoms with Crippen molar-refractivity contribution in [3.8, 4) is 0 Å². The Morgan fingerprint density at radius 3 is 2.09 bits per heavy atom. The van der Waals surface area contributed by atoms with E-state index >= 15 is 0 Å². The maximum absolute atomic E-state index is 12.7. The molecular weight excluding hydrogens is 434 g/mol. The second kappa shape index (κ2) is 7.42. The number of barbiturate groups is 1. The van der Waals surface area contributed by atoms with Crippen LogP contribution in [-0.4, -0.2) is 41.7 Å². The van der Waals surface area contributed by atoms with E-state index in [0.717, 1.165) is 36.6 Å². The molecule has 5 rings (SSSR count). The largest absolute Gasteiger partial charge is 0.333 e. The number of amides is 4. The first kappa shape index (κ1) is 21.2. The number of urea groups is 1. The molecule has 0 bridgehead atoms. The van der Waals surface area contributed by atoms with Crippen LogP contribution in [0, 0.1) is 0 Å². The van der Waals surface area contributed by atoms with Crippen LogP contribution in [0.5, 0.6) is 0 Å². The number of thiophene rings is 1. The number of hydrogen-bond acceptors (Lipinski definition) is 5. The van der Waals surface area contributed by atoms with Gasteiger partial charge in [0, 0.05) is 30.1 Å². The first-order chi connectivity index (χ1) is 15.7. The predicted octanol–water partition coefficient (Wildman–Crippen LogP) is 5.29. The molecule has 1 aromatic heterocycles. The molecule has 3 heterocycles. The second-order valence-electron chi connectivity index (χ2n) is 8.75. The fraction of sp³-hybridized carbons (Fsp3) is 0.192. The zero-order chi connectivity index (χ0) is 23.5. The Labute approximate surface area is 196 Å². The van der Waals surface area contributed by atoms with Gasteiger partial charge in [-0.1, -0.05) is 50.2 Å². The Kier molecular flexibility index (Phi) is 4.76. The number of para-hydroxylation sites is 2. The quantitative estimate of drug-likeness (QED) is 0.387. The van der Waals surface area contributed by atoms with Gasteiger partial charge in [0.1, 0.15) is 10.6 Å². The fourth-order valence-corrected chi connectivity index (χ4v) is 5.78. The second-order valence-corrected chi connectivity index (χ2v) is 9.81. The lowest BCUT2D eigenvalue weighted by atomic mass is 9.75. The number of benzene rings is 2. The highest BCUT2D eigenvalue weighted by Crippen LogP contribution is 2.55. The van der Waals surface area contributed by atoms with Crippen LogP contribution in [0.15, 0.2) is 66.2 Å². The third-order valence-corrected chi connectivity index (χ3v) is 7.44. The standard InChI is InChI=1S/C26H23N3O3S/c1-26(2)19-12-8-9-13-21(19)29(16-10-6-5-7-11-16)24-20(26)15-17(33-24)14-18-22(30)27(3)25(32)28(4)23(18)31/h5-15H,1-4H3. The minimum absolute atomic E-state index is 0.0141. The Hall–Kier alpha value is -3.71. The third kappa shape index (κ3) is 3.11. The molecule has 7 heteroatoms. The molecule has 0 saturated carbocycles. The van der Waals surface area contributed by atoms with Gasteiger partial charge in [0.05, 0.1) is 5.69 Å². The van der Waals surface area contributed by atoms with Crippen LogP contribution in [0.2, 0.25) is 0 Å². The maximum atomic E-state index is 12.7. The van der Waals surface area contributed by atoms with Gasteiger partial charge in [0.25, 0.3) is 11.8 Å². The molecule has 4 amide bonds. The summed E-state index contributed by atoms with van der Waals surface area (Å²) in [5, 5.41) is 1.05. The number of anilines is 3. The highest BCUT2D eigenvalue weighted by atomic mass is 32.1. The Balaban J connectivity index is 1.69. The molecule has 0 spiro atoms. The van der Waals surface area contributed by atoms with E-state index in [0.29, 0.717) is 0 Å². The normalized spacial score (nSPS) is 17.3. The highest BCUT2D eigenvalue weighted by Gasteiger charge is 2.40. The number of likely N-dealkylation sites (N-methyl/N-ethyl adjacent to an activating group) is 2. The first-order valence-electron chi connectivity index (χ1n) is 10.6. The van der Waals surface area contributed by atoms with E-state index in [9.17, 15) is 14.4 Å². The van der Waals surface area contributed by atoms with Gasteiger partial charge in [-0.2, -0.15) is 0 Å². The summed E-state index contributed by atoms with van der Waals surface area (Å²) in [4.78, 5) is 42.5. The van der Waals surface area contributed by atoms with Crippen molar-refractivity contribution in [1.82, 2.24) is 9.80 Å². The van der Waals surface area contributed by atoms with Gasteiger partial charge in [-0.15, -0.1) is 11.3 Å². The Morgan fingerprint density at radius 1 is 0.818 bits per heavy atom. The van der Waals surface area contributed by atoms with Gasteiger partial charge >= 0.3 is 6.03 Å². The maximum Gasteiger partial charge on any atom is 0.333 e. The Bertz CT molecular complexity index is 1310. The summed E-state index contributed by atoms with van der Waals surface area (Å²) in [6.45, 7) is 4.38. The van der Waals surface area contributed by atoms with Gasteiger partial charge in [0.15, 0.2) is 0 Å². The summed E-state index contributed by atoms with van der Waals surface area (Å²) < 4.78 is 0. The van der Waals surface area contributed by atoms with E-state index in [1.165, 1.54) is 31.0 Å². The molecule has 1 saturated heterocycles. The molecular formula is C26H23N3O3S. The molecule has 166 valence electrons. The van der Waals surface area contributed by atoms with Gasteiger partial charge in [0.2, 0.25) is 0 Å². The van der Waals surface area contributed by atoms with E-state index in [1.807, 2.05) is 30.3 Å². The van der Waals surface area contributed by atoms with Crippen molar-refractivity contribution < 1.29 is 14.4 Å². The SMILES string of the molecule is CN1C(=O)C(=Cc2cc3c(s2)N(c2ccccc2)c2ccccc2C3(C)C)C(=O)N(C)C1=O. The molecule has 0 atom stereocenters. The lowest BCUT2D eigenvalue weighted by Crippen LogP contribution is -2.52. The number of carbonyl (C=O) groups is 3. The van der Waals surface area contributed by atoms with Gasteiger partial charge in [-0.25, -0.2) is 4.79 Å². The summed E-state index contributed by atoms with van der Waals surface area (Å²) in [5.41, 5.74) is 4.19. The van der Waals surface area contributed by atoms with Crippen molar-refractivity contribution in [2.45, 2.75) is 19.3 Å². The van der Waals surface area contributed by atoms with Gasteiger partial charge in [-0.3, -0.25) is 19.4 Å². The minimum Gasteiger partial charge on any atom is -0.301 e. The number of carbonyl (C=O) groups excluding carboxylic acids is 3. The molecule has 2 aliphatic heterocycles. The van der Waals surface area contributed by atoms with Gasteiger partial charge in [-0.05, 0) is 41.5 Å². The molecule has 0 radical (unpaired) electrons. The molecule has 0 unspecified atom stereocenters. The summed E-state index contributed by atoms with van der Waals surface area (Å²) in [6.07, 6.45) is 1.61. The van der Waals surface area contributed by atoms with Crippen molar-refractivity contribution in [1.29, 1.82) is 0 Å². The van der Waals surface area contributed by atoms with Crippen molar-refractivity contribution >= 4 is 51.6 Å². The summed E-state index contributed by atoms with van der Waals surface area (Å²) in [6, 6.07) is 19.9. The van der Waals surface area contributed by atoms with E-state index < -0.39 is 17.8 Å². The molecule has 0 N–H and O–H groups in total. The first-order valence-corrected chi connectivity index (χ1v) is 11.4. The minimum atomic E-state index is -0.626. The lowest BCUT2D eigenvalue weighted by Gasteiger charge is -2.39. The molecule has 3 aromatic rings. The van der Waals surface area contributed by atoms with E-state index in [1.54, 1.807) is 6.08 Å². The summed E-state index contributed by atoms with van der Waals surface area (Å²) >= 11 is 1.53. The lowest BCUT2D eigenvalue weighted by molar-refractivity contribution is -0.134. The number of rotatable bonds is 2. The molecule has 6 nitrogen and oxygen atoms in total. The number of hydrogen-bond donors (Lipinski definition) is 0. The molecule has 2 aromatic carbocycles. The number of imide groups is 2. The summed E-state index contributed by atoms with van der Waals surface area (Å²) in [7, 11) is 2.77. The summed E-state index contributed by atoms with van der Waals surface area (Å²) in [5.74, 6) is -1.17. The van der Waals surface area contributed by atoms with Gasteiger partial charge < -0.3 is 4.90 Å². The van der Waals surface area contributed by atoms with Crippen molar-refractivity contribution in [3.63, 3.8) is 0 Å². The average Bonchev–Trinajstić information content (AvgIpc) is 3.25. The van der Waals surface area contributed by atoms with Crippen molar-refractivity contribution in [2.75, 3.05) is 19.0 Å². The number of nitrogens with zero attached hydrogens (tertiary/aromatic N) is 3. The van der Waals surface area contributed by atoms with Crippen LogP contribution in [-0.2, 0) is 15.0 Å². The third-order valence-electron chi connectivity index (χ3n) is 6.37. The topological polar surface area (TPSA) is 60.9 Å². The van der Waals surface area contributed by atoms with E-state index in [4.69, 9.17) is 0 Å². The van der Waals surface area contributed by atoms with E-state index in [-0.39, 0.29) is 11.0 Å². The van der Waals surface area contributed by atoms with Crippen LogP contribution in [0.4, 0.5) is 21.2 Å². The van der Waals surface area contributed by atoms with Crippen molar-refractivity contribution in [3.05, 3.63) is 82.2 Å². The highest BCUT2D eigenvalue weighted by molar-refractivity contribution is 7.17. The van der Waals surface area contributed by atoms with Crippen LogP contribution in [0.25, 0.3) is 6.08 Å². The van der Waals surface area contributed by atoms with Crippen LogP contribution >= 0.6 is 11.3 Å². The zero-order valence-electron chi connectivity index (χ0n) is 18.8.